The predicted octanol–water partition coefficient (Wildman–Crippen LogP) is 3.66. The molecular formula is C17H20BN3O. The fraction of sp³-hybridized carbons (Fsp3) is 0.353. The van der Waals surface area contributed by atoms with Crippen LogP contribution in [0.4, 0.5) is 5.69 Å². The Hall–Kier alpha value is -2.35. The normalized spacial score (nSPS) is 14.3. The molecule has 0 atom stereocenters. The molecule has 2 N–H and O–H groups in total. The van der Waals surface area contributed by atoms with Crippen molar-refractivity contribution >= 4 is 30.5 Å². The van der Waals surface area contributed by atoms with Gasteiger partial charge in [0.1, 0.15) is 0 Å². The minimum atomic E-state index is 0.100. The molecule has 2 rings (SSSR count). The Balaban J connectivity index is 2.45. The minimum Gasteiger partial charge on any atom is -0.382 e. The van der Waals surface area contributed by atoms with Crippen LogP contribution in [0.1, 0.15) is 41.8 Å². The highest BCUT2D eigenvalue weighted by atomic mass is 16.1. The Morgan fingerprint density at radius 1 is 1.45 bits per heavy atom. The molecule has 5 heteroatoms. The first kappa shape index (κ1) is 16.0. The van der Waals surface area contributed by atoms with Gasteiger partial charge in [0, 0.05) is 35.0 Å². The molecule has 0 saturated carbocycles. The van der Waals surface area contributed by atoms with Gasteiger partial charge in [-0.1, -0.05) is 12.4 Å². The molecule has 1 aromatic rings. The lowest BCUT2D eigenvalue weighted by atomic mass is 9.43. The fourth-order valence-electron chi connectivity index (χ4n) is 2.76. The maximum atomic E-state index is 11.4. The smallest absolute Gasteiger partial charge is 0.271 e. The quantitative estimate of drug-likeness (QED) is 0.494. The zero-order chi connectivity index (χ0) is 16.1. The van der Waals surface area contributed by atoms with Gasteiger partial charge in [-0.25, -0.2) is 5.26 Å². The Bertz CT molecular complexity index is 659. The molecule has 1 aromatic carbocycles. The van der Waals surface area contributed by atoms with Crippen LogP contribution < -0.4 is 5.32 Å². The Morgan fingerprint density at radius 2 is 2.23 bits per heavy atom. The number of hydrogen-bond donors (Lipinski definition) is 2. The van der Waals surface area contributed by atoms with Crippen LogP contribution in [0.5, 0.6) is 0 Å². The molecule has 1 aliphatic rings. The number of carbonyl (C=O) groups excluding carboxylic acids is 1. The molecule has 0 saturated heterocycles. The van der Waals surface area contributed by atoms with Crippen molar-refractivity contribution in [2.24, 2.45) is 0 Å². The molecule has 0 spiro atoms. The van der Waals surface area contributed by atoms with Gasteiger partial charge < -0.3 is 10.7 Å². The first-order chi connectivity index (χ1) is 10.6. The van der Waals surface area contributed by atoms with E-state index in [0.29, 0.717) is 11.1 Å². The van der Waals surface area contributed by atoms with Gasteiger partial charge in [0.2, 0.25) is 0 Å². The summed E-state index contributed by atoms with van der Waals surface area (Å²) in [5.41, 5.74) is 4.15. The van der Waals surface area contributed by atoms with E-state index in [2.05, 4.69) is 17.4 Å². The third-order valence-corrected chi connectivity index (χ3v) is 3.89. The largest absolute Gasteiger partial charge is 0.382 e. The molecule has 0 amide bonds. The van der Waals surface area contributed by atoms with Gasteiger partial charge in [-0.2, -0.15) is 0 Å². The number of nitrogens with one attached hydrogen (secondary N) is 2. The zero-order valence-corrected chi connectivity index (χ0v) is 13.0. The maximum absolute atomic E-state index is 11.4. The van der Waals surface area contributed by atoms with Crippen molar-refractivity contribution in [3.05, 3.63) is 34.9 Å². The number of allylic oxidation sites excluding steroid dienone is 2. The van der Waals surface area contributed by atoms with Crippen molar-refractivity contribution in [3.63, 3.8) is 0 Å². The first-order valence-electron chi connectivity index (χ1n) is 7.58. The van der Waals surface area contributed by atoms with Gasteiger partial charge in [-0.3, -0.25) is 4.79 Å². The summed E-state index contributed by atoms with van der Waals surface area (Å²) >= 11 is 0. The molecule has 0 radical (unpaired) electrons. The molecule has 22 heavy (non-hydrogen) atoms. The van der Waals surface area contributed by atoms with E-state index >= 15 is 0 Å². The number of hydrogen-bond acceptors (Lipinski definition) is 4. The highest BCUT2D eigenvalue weighted by Crippen LogP contribution is 2.31. The van der Waals surface area contributed by atoms with Gasteiger partial charge in [0.15, 0.2) is 6.29 Å². The van der Waals surface area contributed by atoms with E-state index in [9.17, 15) is 4.79 Å². The predicted molar refractivity (Wildman–Crippen MR) is 92.0 cm³/mol. The van der Waals surface area contributed by atoms with E-state index in [0.717, 1.165) is 36.6 Å². The van der Waals surface area contributed by atoms with Crippen LogP contribution in [0.3, 0.4) is 0 Å². The number of nitriles is 1. The lowest BCUT2D eigenvalue weighted by Gasteiger charge is -2.19. The van der Waals surface area contributed by atoms with Crippen LogP contribution >= 0.6 is 0 Å². The minimum absolute atomic E-state index is 0.100. The van der Waals surface area contributed by atoms with Crippen molar-refractivity contribution in [1.82, 2.24) is 0 Å². The van der Waals surface area contributed by atoms with E-state index in [1.807, 2.05) is 26.0 Å². The van der Waals surface area contributed by atoms with Gasteiger partial charge in [0.05, 0.1) is 0 Å². The number of nitrogens with zero attached hydrogens (tertiary/aromatic N) is 1. The van der Waals surface area contributed by atoms with E-state index in [-0.39, 0.29) is 12.8 Å². The molecular weight excluding hydrogens is 273 g/mol. The molecule has 1 heterocycles. The van der Waals surface area contributed by atoms with Gasteiger partial charge >= 0.3 is 0 Å². The van der Waals surface area contributed by atoms with Crippen molar-refractivity contribution in [3.8, 4) is 5.97 Å². The third-order valence-electron chi connectivity index (χ3n) is 3.89. The highest BCUT2D eigenvalue weighted by molar-refractivity contribution is 6.67. The van der Waals surface area contributed by atoms with E-state index in [1.165, 1.54) is 11.8 Å². The summed E-state index contributed by atoms with van der Waals surface area (Å²) in [6.07, 6.45) is 6.60. The van der Waals surface area contributed by atoms with E-state index < -0.39 is 0 Å². The molecule has 0 aromatic heterocycles. The van der Waals surface area contributed by atoms with Crippen molar-refractivity contribution in [1.29, 1.82) is 10.7 Å². The summed E-state index contributed by atoms with van der Waals surface area (Å²) in [5.74, 6) is 2.31. The molecule has 4 nitrogen and oxygen atoms in total. The van der Waals surface area contributed by atoms with Crippen LogP contribution in [-0.4, -0.2) is 25.3 Å². The monoisotopic (exact) mass is 293 g/mol. The molecule has 0 aliphatic carbocycles. The SMILES string of the molecule is CC(C)Nc1cc(C2=CCB(C#N)CC2)cc(C=O)c1C=N. The Kier molecular flexibility index (Phi) is 5.16. The third kappa shape index (κ3) is 3.45. The molecule has 1 aliphatic heterocycles. The van der Waals surface area contributed by atoms with Crippen molar-refractivity contribution < 1.29 is 4.79 Å². The van der Waals surface area contributed by atoms with Crippen molar-refractivity contribution in [2.75, 3.05) is 5.32 Å². The van der Waals surface area contributed by atoms with Crippen LogP contribution in [0, 0.1) is 16.6 Å². The number of rotatable bonds is 5. The number of aldehydes is 1. The molecule has 112 valence electrons. The lowest BCUT2D eigenvalue weighted by Crippen LogP contribution is -2.14. The average Bonchev–Trinajstić information content (AvgIpc) is 2.53. The van der Waals surface area contributed by atoms with Gasteiger partial charge in [-0.15, -0.1) is 0 Å². The van der Waals surface area contributed by atoms with Crippen LogP contribution in [0.25, 0.3) is 5.57 Å². The summed E-state index contributed by atoms with van der Waals surface area (Å²) in [6, 6.07) is 4.07. The average molecular weight is 293 g/mol. The lowest BCUT2D eigenvalue weighted by molar-refractivity contribution is 0.112. The molecule has 0 fully saturated rings. The standard InChI is InChI=1S/C17H20BN3O/c1-12(2)21-17-8-14(7-15(10-22)16(17)9-19)13-3-5-18(11-20)6-4-13/h3,7-10,12,19,21H,4-6H2,1-2H3. The molecule has 0 unspecified atom stereocenters. The highest BCUT2D eigenvalue weighted by Gasteiger charge is 2.20. The van der Waals surface area contributed by atoms with Crippen LogP contribution in [-0.2, 0) is 0 Å². The summed E-state index contributed by atoms with van der Waals surface area (Å²) in [5, 5.41) is 19.9. The zero-order valence-electron chi connectivity index (χ0n) is 13.0. The number of anilines is 1. The van der Waals surface area contributed by atoms with Crippen LogP contribution in [0.15, 0.2) is 18.2 Å². The van der Waals surface area contributed by atoms with Crippen LogP contribution in [0.2, 0.25) is 12.6 Å². The van der Waals surface area contributed by atoms with Crippen molar-refractivity contribution in [2.45, 2.75) is 39.0 Å². The second-order valence-electron chi connectivity index (χ2n) is 5.92. The maximum Gasteiger partial charge on any atom is 0.271 e. The van der Waals surface area contributed by atoms with E-state index in [1.54, 1.807) is 0 Å². The topological polar surface area (TPSA) is 76.7 Å². The number of benzene rings is 1. The summed E-state index contributed by atoms with van der Waals surface area (Å²) in [6.45, 7) is 4.15. The Labute approximate surface area is 131 Å². The number of carbonyl (C=O) groups is 1. The second-order valence-corrected chi connectivity index (χ2v) is 5.92. The summed E-state index contributed by atoms with van der Waals surface area (Å²) in [4.78, 5) is 11.4. The fourth-order valence-corrected chi connectivity index (χ4v) is 2.76. The molecule has 0 bridgehead atoms. The first-order valence-corrected chi connectivity index (χ1v) is 7.58. The van der Waals surface area contributed by atoms with E-state index in [4.69, 9.17) is 10.7 Å². The second kappa shape index (κ2) is 7.08. The Morgan fingerprint density at radius 3 is 2.73 bits per heavy atom. The van der Waals surface area contributed by atoms with Gasteiger partial charge in [-0.05, 0) is 49.9 Å². The van der Waals surface area contributed by atoms with Gasteiger partial charge in [0.25, 0.3) is 6.71 Å². The summed E-state index contributed by atoms with van der Waals surface area (Å²) < 4.78 is 0. The summed E-state index contributed by atoms with van der Waals surface area (Å²) in [7, 11) is 0.